The molecule has 1 fully saturated rings. The summed E-state index contributed by atoms with van der Waals surface area (Å²) in [7, 11) is 0. The Balaban J connectivity index is 1.80. The maximum Gasteiger partial charge on any atom is 0.121 e. The zero-order chi connectivity index (χ0) is 13.5. The van der Waals surface area contributed by atoms with E-state index in [2.05, 4.69) is 4.90 Å². The molecular weight excluding hydrogens is 240 g/mol. The third-order valence-electron chi connectivity index (χ3n) is 3.72. The van der Waals surface area contributed by atoms with Gasteiger partial charge in [0.2, 0.25) is 0 Å². The molecule has 0 spiro atoms. The third-order valence-corrected chi connectivity index (χ3v) is 3.72. The summed E-state index contributed by atoms with van der Waals surface area (Å²) in [4.78, 5) is 2.35. The van der Waals surface area contributed by atoms with Crippen LogP contribution in [-0.4, -0.2) is 42.4 Å². The summed E-state index contributed by atoms with van der Waals surface area (Å²) in [6.07, 6.45) is 4.80. The van der Waals surface area contributed by atoms with Gasteiger partial charge in [-0.2, -0.15) is 0 Å². The van der Waals surface area contributed by atoms with Crippen molar-refractivity contribution in [3.8, 4) is 5.75 Å². The minimum atomic E-state index is 0.248. The molecule has 3 N–H and O–H groups in total. The largest absolute Gasteiger partial charge is 0.492 e. The van der Waals surface area contributed by atoms with Gasteiger partial charge in [-0.3, -0.25) is 4.90 Å². The van der Waals surface area contributed by atoms with E-state index < -0.39 is 0 Å². The molecule has 0 aliphatic carbocycles. The second-order valence-corrected chi connectivity index (χ2v) is 5.14. The van der Waals surface area contributed by atoms with E-state index in [1.165, 1.54) is 19.3 Å². The number of anilines is 1. The smallest absolute Gasteiger partial charge is 0.121 e. The van der Waals surface area contributed by atoms with Crippen LogP contribution in [0.15, 0.2) is 24.3 Å². The van der Waals surface area contributed by atoms with Gasteiger partial charge in [-0.25, -0.2) is 0 Å². The summed E-state index contributed by atoms with van der Waals surface area (Å²) in [5, 5.41) is 9.44. The van der Waals surface area contributed by atoms with Crippen LogP contribution in [0.25, 0.3) is 0 Å². The number of nitrogen functional groups attached to an aromatic ring is 1. The van der Waals surface area contributed by atoms with Gasteiger partial charge in [-0.15, -0.1) is 0 Å². The Morgan fingerprint density at radius 1 is 1.32 bits per heavy atom. The number of aliphatic hydroxyl groups is 1. The lowest BCUT2D eigenvalue weighted by atomic mass is 10.1. The number of hydrogen-bond acceptors (Lipinski definition) is 4. The minimum Gasteiger partial charge on any atom is -0.492 e. The summed E-state index contributed by atoms with van der Waals surface area (Å²) in [6.45, 7) is 2.81. The van der Waals surface area contributed by atoms with E-state index in [1.54, 1.807) is 0 Å². The lowest BCUT2D eigenvalue weighted by Gasteiger charge is -2.28. The molecule has 19 heavy (non-hydrogen) atoms. The number of benzene rings is 1. The molecule has 1 aromatic carbocycles. The van der Waals surface area contributed by atoms with E-state index in [-0.39, 0.29) is 6.61 Å². The monoisotopic (exact) mass is 264 g/mol. The topological polar surface area (TPSA) is 58.7 Å². The second-order valence-electron chi connectivity index (χ2n) is 5.14. The zero-order valence-electron chi connectivity index (χ0n) is 11.4. The normalized spacial score (nSPS) is 21.0. The SMILES string of the molecule is Nc1cccc(OCCN2CCCCCC2CO)c1. The van der Waals surface area contributed by atoms with Crippen molar-refractivity contribution in [1.29, 1.82) is 0 Å². The van der Waals surface area contributed by atoms with Gasteiger partial charge in [0.05, 0.1) is 6.61 Å². The van der Waals surface area contributed by atoms with E-state index >= 15 is 0 Å². The van der Waals surface area contributed by atoms with E-state index in [0.29, 0.717) is 12.6 Å². The number of aliphatic hydroxyl groups excluding tert-OH is 1. The number of rotatable bonds is 5. The predicted molar refractivity (Wildman–Crippen MR) is 77.3 cm³/mol. The van der Waals surface area contributed by atoms with Gasteiger partial charge in [0.1, 0.15) is 12.4 Å². The fourth-order valence-electron chi connectivity index (χ4n) is 2.62. The van der Waals surface area contributed by atoms with Gasteiger partial charge in [-0.05, 0) is 31.5 Å². The molecule has 1 aliphatic heterocycles. The minimum absolute atomic E-state index is 0.248. The highest BCUT2D eigenvalue weighted by molar-refractivity contribution is 5.43. The van der Waals surface area contributed by atoms with Gasteiger partial charge < -0.3 is 15.6 Å². The number of ether oxygens (including phenoxy) is 1. The quantitative estimate of drug-likeness (QED) is 0.797. The van der Waals surface area contributed by atoms with Crippen LogP contribution in [0.5, 0.6) is 5.75 Å². The third kappa shape index (κ3) is 4.40. The van der Waals surface area contributed by atoms with Crippen LogP contribution in [0.3, 0.4) is 0 Å². The Morgan fingerprint density at radius 2 is 2.21 bits per heavy atom. The second kappa shape index (κ2) is 7.36. The molecule has 4 nitrogen and oxygen atoms in total. The highest BCUT2D eigenvalue weighted by Crippen LogP contribution is 2.17. The average molecular weight is 264 g/mol. The molecule has 4 heteroatoms. The zero-order valence-corrected chi connectivity index (χ0v) is 11.4. The van der Waals surface area contributed by atoms with E-state index in [4.69, 9.17) is 10.5 Å². The lowest BCUT2D eigenvalue weighted by Crippen LogP contribution is -2.40. The Labute approximate surface area is 115 Å². The number of nitrogens with two attached hydrogens (primary N) is 1. The molecule has 0 bridgehead atoms. The predicted octanol–water partition coefficient (Wildman–Crippen LogP) is 1.88. The molecule has 1 aliphatic rings. The summed E-state index contributed by atoms with van der Waals surface area (Å²) in [5.74, 6) is 0.815. The van der Waals surface area contributed by atoms with Crippen molar-refractivity contribution in [2.24, 2.45) is 0 Å². The molecule has 1 unspecified atom stereocenters. The fourth-order valence-corrected chi connectivity index (χ4v) is 2.62. The van der Waals surface area contributed by atoms with Crippen molar-refractivity contribution < 1.29 is 9.84 Å². The molecule has 0 radical (unpaired) electrons. The lowest BCUT2D eigenvalue weighted by molar-refractivity contribution is 0.108. The van der Waals surface area contributed by atoms with Crippen molar-refractivity contribution in [3.63, 3.8) is 0 Å². The summed E-state index contributed by atoms with van der Waals surface area (Å²) in [6, 6.07) is 7.80. The van der Waals surface area contributed by atoms with Gasteiger partial charge >= 0.3 is 0 Å². The van der Waals surface area contributed by atoms with Crippen LogP contribution < -0.4 is 10.5 Å². The summed E-state index contributed by atoms with van der Waals surface area (Å²) in [5.41, 5.74) is 6.44. The first-order chi connectivity index (χ1) is 9.29. The standard InChI is InChI=1S/C15H24N2O2/c16-13-5-4-7-15(11-13)19-10-9-17-8-3-1-2-6-14(17)12-18/h4-5,7,11,14,18H,1-3,6,8-10,12,16H2. The van der Waals surface area contributed by atoms with E-state index in [0.717, 1.165) is 30.9 Å². The van der Waals surface area contributed by atoms with Crippen molar-refractivity contribution in [2.45, 2.75) is 31.7 Å². The average Bonchev–Trinajstić information content (AvgIpc) is 2.64. The first-order valence-corrected chi connectivity index (χ1v) is 7.13. The van der Waals surface area contributed by atoms with Crippen LogP contribution in [0.1, 0.15) is 25.7 Å². The van der Waals surface area contributed by atoms with Crippen molar-refractivity contribution in [1.82, 2.24) is 4.90 Å². The molecule has 1 heterocycles. The van der Waals surface area contributed by atoms with E-state index in [1.807, 2.05) is 24.3 Å². The summed E-state index contributed by atoms with van der Waals surface area (Å²) >= 11 is 0. The molecule has 0 saturated carbocycles. The highest BCUT2D eigenvalue weighted by Gasteiger charge is 2.19. The maximum atomic E-state index is 9.44. The molecule has 1 saturated heterocycles. The first-order valence-electron chi connectivity index (χ1n) is 7.13. The molecule has 1 aromatic rings. The van der Waals surface area contributed by atoms with Crippen LogP contribution in [0.2, 0.25) is 0 Å². The van der Waals surface area contributed by atoms with Crippen LogP contribution >= 0.6 is 0 Å². The summed E-state index contributed by atoms with van der Waals surface area (Å²) < 4.78 is 5.72. The number of likely N-dealkylation sites (tertiary alicyclic amines) is 1. The molecule has 2 rings (SSSR count). The van der Waals surface area contributed by atoms with Gasteiger partial charge in [-0.1, -0.05) is 18.9 Å². The first kappa shape index (κ1) is 14.2. The highest BCUT2D eigenvalue weighted by atomic mass is 16.5. The Morgan fingerprint density at radius 3 is 3.00 bits per heavy atom. The van der Waals surface area contributed by atoms with E-state index in [9.17, 15) is 5.11 Å². The Kier molecular flexibility index (Phi) is 5.48. The number of hydrogen-bond donors (Lipinski definition) is 2. The van der Waals surface area contributed by atoms with Gasteiger partial charge in [0, 0.05) is 24.3 Å². The van der Waals surface area contributed by atoms with Gasteiger partial charge in [0.15, 0.2) is 0 Å². The Bertz CT molecular complexity index is 384. The maximum absolute atomic E-state index is 9.44. The molecule has 0 amide bonds. The van der Waals surface area contributed by atoms with Gasteiger partial charge in [0.25, 0.3) is 0 Å². The number of nitrogens with zero attached hydrogens (tertiary/aromatic N) is 1. The molecule has 1 atom stereocenters. The fraction of sp³-hybridized carbons (Fsp3) is 0.600. The Hall–Kier alpha value is -1.26. The molecule has 106 valence electrons. The van der Waals surface area contributed by atoms with Crippen molar-refractivity contribution in [2.75, 3.05) is 32.0 Å². The molecule has 0 aromatic heterocycles. The van der Waals surface area contributed by atoms with Crippen molar-refractivity contribution in [3.05, 3.63) is 24.3 Å². The van der Waals surface area contributed by atoms with Crippen LogP contribution in [-0.2, 0) is 0 Å². The molecular formula is C15H24N2O2. The van der Waals surface area contributed by atoms with Crippen LogP contribution in [0, 0.1) is 0 Å². The van der Waals surface area contributed by atoms with Crippen LogP contribution in [0.4, 0.5) is 5.69 Å². The van der Waals surface area contributed by atoms with Crippen molar-refractivity contribution >= 4 is 5.69 Å².